The van der Waals surface area contributed by atoms with E-state index in [1.54, 1.807) is 28.4 Å². The molecule has 1 heterocycles. The number of Topliss-reactive ketones (excluding diaryl/α,β-unsaturated/α-hetero) is 1. The number of ether oxygens (including phenoxy) is 4. The van der Waals surface area contributed by atoms with Gasteiger partial charge in [-0.2, -0.15) is 0 Å². The van der Waals surface area contributed by atoms with Crippen LogP contribution >= 0.6 is 0 Å². The maximum absolute atomic E-state index is 13.2. The Morgan fingerprint density at radius 2 is 1.10 bits per heavy atom. The number of benzene rings is 2. The highest BCUT2D eigenvalue weighted by atomic mass is 16.5. The first-order valence-electron chi connectivity index (χ1n) is 9.68. The highest BCUT2D eigenvalue weighted by molar-refractivity contribution is 5.86. The van der Waals surface area contributed by atoms with Gasteiger partial charge in [0, 0.05) is 47.2 Å². The number of rotatable bonds is 6. The van der Waals surface area contributed by atoms with Crippen molar-refractivity contribution >= 4 is 5.78 Å². The number of carbonyl (C=O) groups is 1. The van der Waals surface area contributed by atoms with E-state index in [2.05, 4.69) is 5.32 Å². The van der Waals surface area contributed by atoms with Crippen LogP contribution in [-0.4, -0.2) is 34.2 Å². The smallest absolute Gasteiger partial charge is 0.142 e. The Balaban J connectivity index is 2.03. The molecule has 29 heavy (non-hydrogen) atoms. The van der Waals surface area contributed by atoms with Crippen LogP contribution in [0.2, 0.25) is 0 Å². The van der Waals surface area contributed by atoms with Crippen LogP contribution in [0.4, 0.5) is 0 Å². The molecule has 0 aliphatic carbocycles. The van der Waals surface area contributed by atoms with E-state index >= 15 is 0 Å². The lowest BCUT2D eigenvalue weighted by atomic mass is 9.76. The molecule has 2 aromatic carbocycles. The highest BCUT2D eigenvalue weighted by Crippen LogP contribution is 2.44. The summed E-state index contributed by atoms with van der Waals surface area (Å²) in [6.07, 6.45) is 0. The van der Waals surface area contributed by atoms with Crippen LogP contribution in [0.25, 0.3) is 0 Å². The molecule has 0 amide bonds. The molecule has 1 saturated heterocycles. The van der Waals surface area contributed by atoms with E-state index in [1.807, 2.05) is 50.2 Å². The van der Waals surface area contributed by atoms with Crippen molar-refractivity contribution in [2.45, 2.75) is 25.9 Å². The fourth-order valence-corrected chi connectivity index (χ4v) is 4.09. The van der Waals surface area contributed by atoms with Gasteiger partial charge >= 0.3 is 0 Å². The topological polar surface area (TPSA) is 66.0 Å². The van der Waals surface area contributed by atoms with Crippen molar-refractivity contribution in [3.05, 3.63) is 47.5 Å². The average molecular weight is 399 g/mol. The Kier molecular flexibility index (Phi) is 6.33. The number of methoxy groups -OCH3 is 4. The summed E-state index contributed by atoms with van der Waals surface area (Å²) in [5.74, 6) is 2.60. The maximum atomic E-state index is 13.2. The summed E-state index contributed by atoms with van der Waals surface area (Å²) < 4.78 is 21.8. The fourth-order valence-electron chi connectivity index (χ4n) is 4.09. The number of carbonyl (C=O) groups excluding carboxylic acids is 1. The van der Waals surface area contributed by atoms with Gasteiger partial charge in [0.15, 0.2) is 0 Å². The monoisotopic (exact) mass is 399 g/mol. The van der Waals surface area contributed by atoms with Crippen LogP contribution in [0.15, 0.2) is 36.4 Å². The van der Waals surface area contributed by atoms with E-state index in [0.29, 0.717) is 23.0 Å². The average Bonchev–Trinajstić information content (AvgIpc) is 2.77. The number of hydrogen-bond acceptors (Lipinski definition) is 6. The molecule has 4 atom stereocenters. The summed E-state index contributed by atoms with van der Waals surface area (Å²) in [5.41, 5.74) is 1.86. The molecule has 0 saturated carbocycles. The van der Waals surface area contributed by atoms with Gasteiger partial charge in [-0.25, -0.2) is 0 Å². The largest absolute Gasteiger partial charge is 0.497 e. The summed E-state index contributed by atoms with van der Waals surface area (Å²) in [7, 11) is 6.49. The molecule has 156 valence electrons. The minimum atomic E-state index is -0.201. The lowest BCUT2D eigenvalue weighted by Gasteiger charge is -2.40. The molecule has 2 aromatic rings. The lowest BCUT2D eigenvalue weighted by Crippen LogP contribution is -2.46. The zero-order valence-corrected chi connectivity index (χ0v) is 17.8. The molecule has 0 spiro atoms. The molecule has 0 radical (unpaired) electrons. The third-order valence-electron chi connectivity index (χ3n) is 5.81. The van der Waals surface area contributed by atoms with Crippen LogP contribution < -0.4 is 24.3 Å². The Labute approximate surface area is 172 Å². The van der Waals surface area contributed by atoms with Crippen molar-refractivity contribution in [2.24, 2.45) is 11.8 Å². The van der Waals surface area contributed by atoms with Crippen molar-refractivity contribution < 1.29 is 23.7 Å². The van der Waals surface area contributed by atoms with Gasteiger partial charge in [0.05, 0.1) is 28.4 Å². The fraction of sp³-hybridized carbons (Fsp3) is 0.435. The molecule has 3 rings (SSSR count). The van der Waals surface area contributed by atoms with Gasteiger partial charge in [-0.3, -0.25) is 4.79 Å². The highest BCUT2D eigenvalue weighted by Gasteiger charge is 2.42. The van der Waals surface area contributed by atoms with Gasteiger partial charge in [-0.05, 0) is 12.1 Å². The van der Waals surface area contributed by atoms with Crippen molar-refractivity contribution in [2.75, 3.05) is 28.4 Å². The minimum Gasteiger partial charge on any atom is -0.497 e. The second-order valence-corrected chi connectivity index (χ2v) is 7.32. The van der Waals surface area contributed by atoms with Crippen molar-refractivity contribution in [3.8, 4) is 23.0 Å². The lowest BCUT2D eigenvalue weighted by molar-refractivity contribution is -0.130. The Morgan fingerprint density at radius 1 is 0.690 bits per heavy atom. The minimum absolute atomic E-state index is 0.198. The van der Waals surface area contributed by atoms with E-state index in [-0.39, 0.29) is 29.7 Å². The van der Waals surface area contributed by atoms with Crippen LogP contribution in [0.3, 0.4) is 0 Å². The molecule has 0 bridgehead atoms. The third kappa shape index (κ3) is 3.90. The van der Waals surface area contributed by atoms with Gasteiger partial charge in [0.2, 0.25) is 0 Å². The van der Waals surface area contributed by atoms with E-state index in [9.17, 15) is 4.79 Å². The van der Waals surface area contributed by atoms with E-state index in [4.69, 9.17) is 18.9 Å². The van der Waals surface area contributed by atoms with Gasteiger partial charge < -0.3 is 24.3 Å². The van der Waals surface area contributed by atoms with Gasteiger partial charge in [0.1, 0.15) is 28.8 Å². The molecule has 0 unspecified atom stereocenters. The van der Waals surface area contributed by atoms with Crippen molar-refractivity contribution in [3.63, 3.8) is 0 Å². The Hall–Kier alpha value is -2.73. The van der Waals surface area contributed by atoms with Crippen LogP contribution in [0.5, 0.6) is 23.0 Å². The second-order valence-electron chi connectivity index (χ2n) is 7.32. The first-order chi connectivity index (χ1) is 13.9. The third-order valence-corrected chi connectivity index (χ3v) is 5.81. The molecule has 1 aliphatic heterocycles. The summed E-state index contributed by atoms with van der Waals surface area (Å²) in [6.45, 7) is 3.92. The standard InChI is InChI=1S/C23H29NO5/c1-13-21(17-9-7-15(26-3)11-19(17)28-5)24-22(14(2)23(13)25)18-10-8-16(27-4)12-20(18)29-6/h7-14,21-22,24H,1-6H3/t13-,14+,21-,22+. The Bertz CT molecular complexity index is 812. The number of hydrogen-bond donors (Lipinski definition) is 1. The van der Waals surface area contributed by atoms with Crippen LogP contribution in [0, 0.1) is 11.8 Å². The summed E-state index contributed by atoms with van der Waals surface area (Å²) in [5, 5.41) is 3.68. The SMILES string of the molecule is COc1ccc([C@H]2N[C@@H](c3ccc(OC)cc3OC)[C@@H](C)C(=O)[C@H]2C)c(OC)c1. The van der Waals surface area contributed by atoms with Gasteiger partial charge in [0.25, 0.3) is 0 Å². The number of nitrogens with one attached hydrogen (secondary N) is 1. The molecule has 6 heteroatoms. The van der Waals surface area contributed by atoms with Crippen molar-refractivity contribution in [1.82, 2.24) is 5.32 Å². The summed E-state index contributed by atoms with van der Waals surface area (Å²) >= 11 is 0. The van der Waals surface area contributed by atoms with Gasteiger partial charge in [-0.15, -0.1) is 0 Å². The molecular weight excluding hydrogens is 370 g/mol. The molecule has 1 aliphatic rings. The van der Waals surface area contributed by atoms with E-state index < -0.39 is 0 Å². The molecule has 1 fully saturated rings. The maximum Gasteiger partial charge on any atom is 0.142 e. The van der Waals surface area contributed by atoms with Gasteiger partial charge in [-0.1, -0.05) is 26.0 Å². The second kappa shape index (κ2) is 8.74. The van der Waals surface area contributed by atoms with E-state index in [0.717, 1.165) is 11.1 Å². The summed E-state index contributed by atoms with van der Waals surface area (Å²) in [4.78, 5) is 13.2. The molecular formula is C23H29NO5. The predicted molar refractivity (Wildman–Crippen MR) is 111 cm³/mol. The van der Waals surface area contributed by atoms with Crippen LogP contribution in [-0.2, 0) is 4.79 Å². The first kappa shape index (κ1) is 21.0. The summed E-state index contributed by atoms with van der Waals surface area (Å²) in [6, 6.07) is 11.0. The Morgan fingerprint density at radius 3 is 1.45 bits per heavy atom. The van der Waals surface area contributed by atoms with Crippen molar-refractivity contribution in [1.29, 1.82) is 0 Å². The normalized spacial score (nSPS) is 24.1. The van der Waals surface area contributed by atoms with E-state index in [1.165, 1.54) is 0 Å². The quantitative estimate of drug-likeness (QED) is 0.794. The first-order valence-corrected chi connectivity index (χ1v) is 9.68. The molecule has 0 aromatic heterocycles. The molecule has 1 N–H and O–H groups in total. The van der Waals surface area contributed by atoms with Crippen LogP contribution in [0.1, 0.15) is 37.1 Å². The zero-order valence-electron chi connectivity index (χ0n) is 17.8. The number of ketones is 1. The predicted octanol–water partition coefficient (Wildman–Crippen LogP) is 3.95. The zero-order chi connectivity index (χ0) is 21.1. The number of piperidine rings is 1. The molecule has 6 nitrogen and oxygen atoms in total.